The van der Waals surface area contributed by atoms with Crippen molar-refractivity contribution < 1.29 is 18.1 Å². The van der Waals surface area contributed by atoms with Crippen LogP contribution in [0.2, 0.25) is 0 Å². The number of carbonyl (C=O) groups excluding carboxylic acids is 1. The van der Waals surface area contributed by atoms with Crippen molar-refractivity contribution in [2.75, 3.05) is 44.1 Å². The molecular weight excluding hydrogens is 386 g/mol. The molecule has 0 aliphatic carbocycles. The van der Waals surface area contributed by atoms with Gasteiger partial charge >= 0.3 is 0 Å². The minimum absolute atomic E-state index is 0.158. The first kappa shape index (κ1) is 21.3. The maximum atomic E-state index is 13.5. The van der Waals surface area contributed by atoms with Crippen molar-refractivity contribution in [2.24, 2.45) is 0 Å². The van der Waals surface area contributed by atoms with Crippen LogP contribution in [0, 0.1) is 20.8 Å². The highest BCUT2D eigenvalue weighted by Crippen LogP contribution is 2.28. The lowest BCUT2D eigenvalue weighted by Crippen LogP contribution is -3.12. The average molecular weight is 417 g/mol. The van der Waals surface area contributed by atoms with Crippen LogP contribution in [0.1, 0.15) is 16.7 Å². The molecule has 1 N–H and O–H groups in total. The molecule has 1 heterocycles. The van der Waals surface area contributed by atoms with Crippen molar-refractivity contribution in [3.8, 4) is 0 Å². The number of amides is 1. The van der Waals surface area contributed by atoms with Crippen molar-refractivity contribution >= 4 is 21.6 Å². The third kappa shape index (κ3) is 4.79. The standard InChI is InChI=1S/C22H29N3O3S/c1-17-6-9-20(10-7-17)29(27,28)25(21-15-18(2)5-8-19(21)3)16-22(26)24-13-11-23(4)12-14-24/h5-10,15H,11-14,16H2,1-4H3/p+1. The third-order valence-electron chi connectivity index (χ3n) is 5.49. The number of quaternary nitrogens is 1. The summed E-state index contributed by atoms with van der Waals surface area (Å²) in [5.74, 6) is -0.158. The van der Waals surface area contributed by atoms with Crippen LogP contribution in [-0.2, 0) is 14.8 Å². The van der Waals surface area contributed by atoms with Crippen LogP contribution in [0.3, 0.4) is 0 Å². The minimum atomic E-state index is -3.87. The number of nitrogens with one attached hydrogen (secondary N) is 1. The Hall–Kier alpha value is -2.38. The quantitative estimate of drug-likeness (QED) is 0.796. The SMILES string of the molecule is Cc1ccc(S(=O)(=O)N(CC(=O)N2CC[NH+](C)CC2)c2cc(C)ccc2C)cc1. The highest BCUT2D eigenvalue weighted by atomic mass is 32.2. The van der Waals surface area contributed by atoms with Gasteiger partial charge in [0.25, 0.3) is 10.0 Å². The number of rotatable bonds is 5. The summed E-state index contributed by atoms with van der Waals surface area (Å²) in [6.07, 6.45) is 0. The number of sulfonamides is 1. The van der Waals surface area contributed by atoms with E-state index < -0.39 is 10.0 Å². The number of likely N-dealkylation sites (N-methyl/N-ethyl adjacent to an activating group) is 1. The molecule has 0 radical (unpaired) electrons. The Labute approximate surface area is 173 Å². The van der Waals surface area contributed by atoms with Gasteiger partial charge in [-0.3, -0.25) is 9.10 Å². The van der Waals surface area contributed by atoms with Crippen molar-refractivity contribution in [1.82, 2.24) is 4.90 Å². The van der Waals surface area contributed by atoms with Gasteiger partial charge in [-0.2, -0.15) is 0 Å². The van der Waals surface area contributed by atoms with Crippen LogP contribution < -0.4 is 9.21 Å². The maximum absolute atomic E-state index is 13.5. The van der Waals surface area contributed by atoms with Gasteiger partial charge in [0.05, 0.1) is 43.8 Å². The van der Waals surface area contributed by atoms with E-state index in [-0.39, 0.29) is 17.3 Å². The number of nitrogens with zero attached hydrogens (tertiary/aromatic N) is 2. The van der Waals surface area contributed by atoms with E-state index in [1.807, 2.05) is 39.0 Å². The normalized spacial score (nSPS) is 15.4. The molecular formula is C22H30N3O3S+. The number of anilines is 1. The van der Waals surface area contributed by atoms with Gasteiger partial charge in [-0.1, -0.05) is 29.8 Å². The lowest BCUT2D eigenvalue weighted by atomic mass is 10.1. The topological polar surface area (TPSA) is 62.1 Å². The Morgan fingerprint density at radius 3 is 2.21 bits per heavy atom. The van der Waals surface area contributed by atoms with E-state index in [4.69, 9.17) is 0 Å². The summed E-state index contributed by atoms with van der Waals surface area (Å²) in [6.45, 7) is 8.56. The highest BCUT2D eigenvalue weighted by molar-refractivity contribution is 7.92. The highest BCUT2D eigenvalue weighted by Gasteiger charge is 2.31. The van der Waals surface area contributed by atoms with Gasteiger partial charge in [-0.15, -0.1) is 0 Å². The predicted molar refractivity (Wildman–Crippen MR) is 115 cm³/mol. The molecule has 2 aromatic carbocycles. The van der Waals surface area contributed by atoms with E-state index >= 15 is 0 Å². The van der Waals surface area contributed by atoms with Crippen LogP contribution in [0.4, 0.5) is 5.69 Å². The summed E-state index contributed by atoms with van der Waals surface area (Å²) >= 11 is 0. The number of hydrogen-bond acceptors (Lipinski definition) is 3. The summed E-state index contributed by atoms with van der Waals surface area (Å²) in [5.41, 5.74) is 3.31. The lowest BCUT2D eigenvalue weighted by Gasteiger charge is -2.33. The zero-order valence-electron chi connectivity index (χ0n) is 17.6. The number of carbonyl (C=O) groups is 1. The second kappa shape index (κ2) is 8.55. The zero-order chi connectivity index (χ0) is 21.2. The molecule has 7 heteroatoms. The smallest absolute Gasteiger partial charge is 0.264 e. The third-order valence-corrected chi connectivity index (χ3v) is 7.26. The summed E-state index contributed by atoms with van der Waals surface area (Å²) in [7, 11) is -1.77. The molecule has 1 aliphatic heterocycles. The van der Waals surface area contributed by atoms with Crippen molar-refractivity contribution in [2.45, 2.75) is 25.7 Å². The molecule has 2 aromatic rings. The molecule has 156 valence electrons. The van der Waals surface area contributed by atoms with Gasteiger partial charge < -0.3 is 9.80 Å². The van der Waals surface area contributed by atoms with E-state index in [1.54, 1.807) is 29.2 Å². The molecule has 29 heavy (non-hydrogen) atoms. The molecule has 0 atom stereocenters. The van der Waals surface area contributed by atoms with Crippen LogP contribution in [0.15, 0.2) is 47.4 Å². The van der Waals surface area contributed by atoms with E-state index in [0.29, 0.717) is 18.8 Å². The van der Waals surface area contributed by atoms with Gasteiger partial charge in [0, 0.05) is 0 Å². The number of aryl methyl sites for hydroxylation is 3. The summed E-state index contributed by atoms with van der Waals surface area (Å²) in [6, 6.07) is 12.4. The lowest BCUT2D eigenvalue weighted by molar-refractivity contribution is -0.883. The fourth-order valence-corrected chi connectivity index (χ4v) is 4.96. The molecule has 3 rings (SSSR count). The second-order valence-corrected chi connectivity index (χ2v) is 9.81. The average Bonchev–Trinajstić information content (AvgIpc) is 2.68. The Bertz CT molecular complexity index is 979. The van der Waals surface area contributed by atoms with E-state index in [9.17, 15) is 13.2 Å². The first-order chi connectivity index (χ1) is 13.7. The molecule has 0 bridgehead atoms. The Morgan fingerprint density at radius 2 is 1.59 bits per heavy atom. The van der Waals surface area contributed by atoms with Gasteiger partial charge in [0.15, 0.2) is 0 Å². The van der Waals surface area contributed by atoms with Crippen LogP contribution in [0.25, 0.3) is 0 Å². The van der Waals surface area contributed by atoms with Crippen LogP contribution >= 0.6 is 0 Å². The first-order valence-electron chi connectivity index (χ1n) is 9.94. The van der Waals surface area contributed by atoms with Crippen LogP contribution in [-0.4, -0.2) is 59.0 Å². The number of hydrogen-bond donors (Lipinski definition) is 1. The molecule has 0 unspecified atom stereocenters. The minimum Gasteiger partial charge on any atom is -0.334 e. The fraction of sp³-hybridized carbons (Fsp3) is 0.409. The Kier molecular flexibility index (Phi) is 6.29. The zero-order valence-corrected chi connectivity index (χ0v) is 18.4. The molecule has 1 fully saturated rings. The predicted octanol–water partition coefficient (Wildman–Crippen LogP) is 1.16. The molecule has 1 aliphatic rings. The van der Waals surface area contributed by atoms with E-state index in [0.717, 1.165) is 29.8 Å². The number of benzene rings is 2. The van der Waals surface area contributed by atoms with Gasteiger partial charge in [0.2, 0.25) is 5.91 Å². The second-order valence-electron chi connectivity index (χ2n) is 7.95. The Morgan fingerprint density at radius 1 is 1.00 bits per heavy atom. The summed E-state index contributed by atoms with van der Waals surface area (Å²) < 4.78 is 28.3. The van der Waals surface area contributed by atoms with Crippen molar-refractivity contribution in [1.29, 1.82) is 0 Å². The molecule has 0 spiro atoms. The molecule has 0 aromatic heterocycles. The van der Waals surface area contributed by atoms with Crippen molar-refractivity contribution in [3.63, 3.8) is 0 Å². The monoisotopic (exact) mass is 416 g/mol. The molecule has 1 saturated heterocycles. The van der Waals surface area contributed by atoms with E-state index in [2.05, 4.69) is 7.05 Å². The van der Waals surface area contributed by atoms with Gasteiger partial charge in [-0.05, 0) is 50.1 Å². The van der Waals surface area contributed by atoms with Gasteiger partial charge in [-0.25, -0.2) is 8.42 Å². The Balaban J connectivity index is 1.99. The number of piperazine rings is 1. The van der Waals surface area contributed by atoms with Crippen molar-refractivity contribution in [3.05, 3.63) is 59.2 Å². The maximum Gasteiger partial charge on any atom is 0.264 e. The summed E-state index contributed by atoms with van der Waals surface area (Å²) in [5, 5.41) is 0. The van der Waals surface area contributed by atoms with Gasteiger partial charge in [0.1, 0.15) is 6.54 Å². The fourth-order valence-electron chi connectivity index (χ4n) is 3.49. The summed E-state index contributed by atoms with van der Waals surface area (Å²) in [4.78, 5) is 16.4. The molecule has 1 amide bonds. The van der Waals surface area contributed by atoms with E-state index in [1.165, 1.54) is 9.21 Å². The molecule has 0 saturated carbocycles. The van der Waals surface area contributed by atoms with Crippen LogP contribution in [0.5, 0.6) is 0 Å². The largest absolute Gasteiger partial charge is 0.334 e. The first-order valence-corrected chi connectivity index (χ1v) is 11.4. The molecule has 6 nitrogen and oxygen atoms in total.